The monoisotopic (exact) mass is 421 g/mol. The van der Waals surface area contributed by atoms with Crippen LogP contribution in [0.4, 0.5) is 11.8 Å². The van der Waals surface area contributed by atoms with Crippen LogP contribution in [0.5, 0.6) is 5.75 Å². The Hall–Kier alpha value is -1.76. The fraction of sp³-hybridized carbons (Fsp3) is 0.500. The lowest BCUT2D eigenvalue weighted by Crippen LogP contribution is -2.40. The lowest BCUT2D eigenvalue weighted by Gasteiger charge is -2.32. The second kappa shape index (κ2) is 9.16. The first-order valence-electron chi connectivity index (χ1n) is 9.83. The van der Waals surface area contributed by atoms with Gasteiger partial charge in [0.15, 0.2) is 0 Å². The Morgan fingerprint density at radius 1 is 1.07 bits per heavy atom. The molecule has 0 atom stereocenters. The maximum Gasteiger partial charge on any atom is 0.224 e. The molecule has 28 heavy (non-hydrogen) atoms. The second-order valence-corrected chi connectivity index (χ2v) is 8.16. The molecule has 2 aromatic rings. The Morgan fingerprint density at radius 3 is 2.64 bits per heavy atom. The van der Waals surface area contributed by atoms with E-state index in [2.05, 4.69) is 25.5 Å². The highest BCUT2D eigenvalue weighted by molar-refractivity contribution is 6.42. The van der Waals surface area contributed by atoms with Gasteiger partial charge in [0.1, 0.15) is 17.7 Å². The zero-order valence-electron chi connectivity index (χ0n) is 15.7. The molecule has 0 spiro atoms. The SMILES string of the molecule is Clc1ccc(OC2CCN(CCNc3ccnc(NC4CC4)n3)CC2)cc1Cl. The predicted molar refractivity (Wildman–Crippen MR) is 114 cm³/mol. The minimum atomic E-state index is 0.222. The highest BCUT2D eigenvalue weighted by Gasteiger charge is 2.22. The molecule has 8 heteroatoms. The van der Waals surface area contributed by atoms with Crippen LogP contribution in [-0.2, 0) is 0 Å². The van der Waals surface area contributed by atoms with Crippen LogP contribution in [0.3, 0.4) is 0 Å². The normalized spacial score (nSPS) is 18.1. The summed E-state index contributed by atoms with van der Waals surface area (Å²) in [7, 11) is 0. The van der Waals surface area contributed by atoms with Gasteiger partial charge in [-0.1, -0.05) is 23.2 Å². The molecule has 4 rings (SSSR count). The van der Waals surface area contributed by atoms with Crippen LogP contribution in [0, 0.1) is 0 Å². The first kappa shape index (κ1) is 19.6. The van der Waals surface area contributed by atoms with Gasteiger partial charge in [-0.05, 0) is 43.9 Å². The first-order chi connectivity index (χ1) is 13.7. The number of anilines is 2. The summed E-state index contributed by atoms with van der Waals surface area (Å²) in [5.41, 5.74) is 0. The number of halogens is 2. The van der Waals surface area contributed by atoms with Gasteiger partial charge in [-0.25, -0.2) is 4.98 Å². The summed E-state index contributed by atoms with van der Waals surface area (Å²) in [6.07, 6.45) is 6.45. The van der Waals surface area contributed by atoms with Gasteiger partial charge in [-0.2, -0.15) is 4.98 Å². The van der Waals surface area contributed by atoms with E-state index in [0.29, 0.717) is 22.0 Å². The molecule has 150 valence electrons. The lowest BCUT2D eigenvalue weighted by atomic mass is 10.1. The van der Waals surface area contributed by atoms with Crippen LogP contribution < -0.4 is 15.4 Å². The van der Waals surface area contributed by atoms with Crippen LogP contribution in [0.1, 0.15) is 25.7 Å². The van der Waals surface area contributed by atoms with Crippen LogP contribution >= 0.6 is 23.2 Å². The van der Waals surface area contributed by atoms with E-state index in [-0.39, 0.29) is 6.10 Å². The average molecular weight is 422 g/mol. The zero-order valence-corrected chi connectivity index (χ0v) is 17.2. The Balaban J connectivity index is 1.17. The first-order valence-corrected chi connectivity index (χ1v) is 10.6. The van der Waals surface area contributed by atoms with Gasteiger partial charge in [0.2, 0.25) is 5.95 Å². The number of piperidine rings is 1. The number of benzene rings is 1. The Morgan fingerprint density at radius 2 is 1.89 bits per heavy atom. The highest BCUT2D eigenvalue weighted by atomic mass is 35.5. The summed E-state index contributed by atoms with van der Waals surface area (Å²) in [6, 6.07) is 7.91. The van der Waals surface area contributed by atoms with E-state index >= 15 is 0 Å². The number of hydrogen-bond acceptors (Lipinski definition) is 6. The maximum atomic E-state index is 6.06. The molecule has 2 aliphatic rings. The number of aromatic nitrogens is 2. The number of likely N-dealkylation sites (tertiary alicyclic amines) is 1. The molecule has 1 saturated carbocycles. The molecular formula is C20H25Cl2N5O. The maximum absolute atomic E-state index is 6.06. The van der Waals surface area contributed by atoms with Crippen LogP contribution in [0.25, 0.3) is 0 Å². The molecule has 0 unspecified atom stereocenters. The van der Waals surface area contributed by atoms with Crippen LogP contribution in [0.2, 0.25) is 10.0 Å². The zero-order chi connectivity index (χ0) is 19.3. The minimum Gasteiger partial charge on any atom is -0.490 e. The van der Waals surface area contributed by atoms with E-state index in [1.165, 1.54) is 12.8 Å². The number of ether oxygens (including phenoxy) is 1. The van der Waals surface area contributed by atoms with Crippen LogP contribution in [-0.4, -0.2) is 53.2 Å². The van der Waals surface area contributed by atoms with E-state index in [0.717, 1.165) is 50.6 Å². The lowest BCUT2D eigenvalue weighted by molar-refractivity contribution is 0.103. The summed E-state index contributed by atoms with van der Waals surface area (Å²) in [5.74, 6) is 2.37. The van der Waals surface area contributed by atoms with Crippen LogP contribution in [0.15, 0.2) is 30.5 Å². The topological polar surface area (TPSA) is 62.3 Å². The van der Waals surface area contributed by atoms with Crippen molar-refractivity contribution < 1.29 is 4.74 Å². The van der Waals surface area contributed by atoms with E-state index in [9.17, 15) is 0 Å². The number of hydrogen-bond donors (Lipinski definition) is 2. The van der Waals surface area contributed by atoms with Crippen molar-refractivity contribution in [2.45, 2.75) is 37.8 Å². The fourth-order valence-electron chi connectivity index (χ4n) is 3.27. The number of nitrogens with zero attached hydrogens (tertiary/aromatic N) is 3. The van der Waals surface area contributed by atoms with Crippen molar-refractivity contribution in [3.05, 3.63) is 40.5 Å². The number of nitrogens with one attached hydrogen (secondary N) is 2. The van der Waals surface area contributed by atoms with Crippen molar-refractivity contribution >= 4 is 35.0 Å². The molecule has 2 N–H and O–H groups in total. The third kappa shape index (κ3) is 5.63. The highest BCUT2D eigenvalue weighted by Crippen LogP contribution is 2.28. The molecule has 1 aromatic heterocycles. The Kier molecular flexibility index (Phi) is 6.40. The molecule has 6 nitrogen and oxygen atoms in total. The fourth-order valence-corrected chi connectivity index (χ4v) is 3.56. The molecule has 1 aliphatic heterocycles. The summed E-state index contributed by atoms with van der Waals surface area (Å²) in [5, 5.41) is 7.80. The van der Waals surface area contributed by atoms with Crippen molar-refractivity contribution in [1.29, 1.82) is 0 Å². The molecule has 0 amide bonds. The quantitative estimate of drug-likeness (QED) is 0.661. The standard InChI is InChI=1S/C20H25Cl2N5O/c21-17-4-3-16(13-18(17)22)28-15-6-10-27(11-7-15)12-9-23-19-5-8-24-20(26-19)25-14-1-2-14/h3-5,8,13-15H,1-2,6-7,9-12H2,(H2,23,24,25,26). The van der Waals surface area contributed by atoms with Crippen molar-refractivity contribution in [2.75, 3.05) is 36.8 Å². The summed E-state index contributed by atoms with van der Waals surface area (Å²) in [4.78, 5) is 11.2. The molecule has 2 heterocycles. The third-order valence-electron chi connectivity index (χ3n) is 5.03. The molecule has 0 radical (unpaired) electrons. The van der Waals surface area contributed by atoms with E-state index in [1.807, 2.05) is 12.1 Å². The molecule has 2 fully saturated rings. The van der Waals surface area contributed by atoms with Gasteiger partial charge < -0.3 is 20.3 Å². The average Bonchev–Trinajstić information content (AvgIpc) is 3.50. The third-order valence-corrected chi connectivity index (χ3v) is 5.77. The van der Waals surface area contributed by atoms with Gasteiger partial charge in [0, 0.05) is 44.5 Å². The number of rotatable bonds is 8. The van der Waals surface area contributed by atoms with Gasteiger partial charge in [0.05, 0.1) is 10.0 Å². The second-order valence-electron chi connectivity index (χ2n) is 7.35. The predicted octanol–water partition coefficient (Wildman–Crippen LogP) is 4.31. The van der Waals surface area contributed by atoms with Gasteiger partial charge in [-0.15, -0.1) is 0 Å². The summed E-state index contributed by atoms with van der Waals surface area (Å²) >= 11 is 12.0. The Labute approximate surface area is 175 Å². The molecule has 1 saturated heterocycles. The smallest absolute Gasteiger partial charge is 0.224 e. The van der Waals surface area contributed by atoms with Crippen molar-refractivity contribution in [1.82, 2.24) is 14.9 Å². The van der Waals surface area contributed by atoms with Crippen molar-refractivity contribution in [2.24, 2.45) is 0 Å². The molecule has 1 aromatic carbocycles. The summed E-state index contributed by atoms with van der Waals surface area (Å²) in [6.45, 7) is 3.88. The van der Waals surface area contributed by atoms with Gasteiger partial charge >= 0.3 is 0 Å². The Bertz CT molecular complexity index is 794. The van der Waals surface area contributed by atoms with Crippen molar-refractivity contribution in [3.8, 4) is 5.75 Å². The molecule has 0 bridgehead atoms. The molecule has 1 aliphatic carbocycles. The van der Waals surface area contributed by atoms with Gasteiger partial charge in [-0.3, -0.25) is 0 Å². The van der Waals surface area contributed by atoms with E-state index in [1.54, 1.807) is 18.3 Å². The largest absolute Gasteiger partial charge is 0.490 e. The van der Waals surface area contributed by atoms with Gasteiger partial charge in [0.25, 0.3) is 0 Å². The van der Waals surface area contributed by atoms with E-state index < -0.39 is 0 Å². The van der Waals surface area contributed by atoms with E-state index in [4.69, 9.17) is 27.9 Å². The van der Waals surface area contributed by atoms with Crippen molar-refractivity contribution in [3.63, 3.8) is 0 Å². The summed E-state index contributed by atoms with van der Waals surface area (Å²) < 4.78 is 6.05. The molecular weight excluding hydrogens is 397 g/mol. The minimum absolute atomic E-state index is 0.222.